The van der Waals surface area contributed by atoms with Crippen LogP contribution in [0.15, 0.2) is 18.7 Å². The molecule has 0 saturated heterocycles. The molecule has 0 aromatic heterocycles. The van der Waals surface area contributed by atoms with Crippen LogP contribution in [0.5, 0.6) is 0 Å². The molecule has 116 valence electrons. The highest BCUT2D eigenvalue weighted by Gasteiger charge is 2.33. The van der Waals surface area contributed by atoms with Crippen molar-refractivity contribution in [3.8, 4) is 0 Å². The number of ether oxygens (including phenoxy) is 1. The molecule has 21 heavy (non-hydrogen) atoms. The molecule has 0 radical (unpaired) electrons. The summed E-state index contributed by atoms with van der Waals surface area (Å²) in [4.78, 5) is 11.6. The second-order valence-corrected chi connectivity index (χ2v) is 5.36. The van der Waals surface area contributed by atoms with Gasteiger partial charge in [-0.05, 0) is 38.5 Å². The van der Waals surface area contributed by atoms with E-state index >= 15 is 0 Å². The lowest BCUT2D eigenvalue weighted by Gasteiger charge is -2.21. The van der Waals surface area contributed by atoms with Gasteiger partial charge < -0.3 is 10.5 Å². The van der Waals surface area contributed by atoms with Gasteiger partial charge in [-0.25, -0.2) is 4.79 Å². The minimum Gasteiger partial charge on any atom is -0.444 e. The number of halogens is 3. The van der Waals surface area contributed by atoms with Crippen LogP contribution in [-0.4, -0.2) is 11.7 Å². The van der Waals surface area contributed by atoms with Crippen molar-refractivity contribution < 1.29 is 22.7 Å². The van der Waals surface area contributed by atoms with Crippen LogP contribution in [0.1, 0.15) is 31.9 Å². The molecule has 0 fully saturated rings. The van der Waals surface area contributed by atoms with Gasteiger partial charge in [-0.15, -0.1) is 0 Å². The van der Waals surface area contributed by atoms with Crippen LogP contribution in [0.3, 0.4) is 0 Å². The Kier molecular flexibility index (Phi) is 4.56. The van der Waals surface area contributed by atoms with Crippen molar-refractivity contribution >= 4 is 23.5 Å². The van der Waals surface area contributed by atoms with E-state index in [0.717, 1.165) is 18.2 Å². The molecule has 7 heteroatoms. The van der Waals surface area contributed by atoms with Gasteiger partial charge >= 0.3 is 12.3 Å². The fraction of sp³-hybridized carbons (Fsp3) is 0.357. The topological polar surface area (TPSA) is 64.3 Å². The number of nitrogens with two attached hydrogens (primary N) is 1. The number of benzene rings is 1. The molecular formula is C14H17F3N2O2. The first-order valence-corrected chi connectivity index (χ1v) is 6.07. The zero-order chi connectivity index (χ0) is 16.4. The number of nitrogens with one attached hydrogen (secondary N) is 1. The Hall–Kier alpha value is -2.18. The van der Waals surface area contributed by atoms with Crippen molar-refractivity contribution in [2.75, 3.05) is 11.1 Å². The van der Waals surface area contributed by atoms with Crippen molar-refractivity contribution in [3.05, 3.63) is 29.8 Å². The minimum absolute atomic E-state index is 0.0344. The Morgan fingerprint density at radius 3 is 2.33 bits per heavy atom. The summed E-state index contributed by atoms with van der Waals surface area (Å²) in [5.74, 6) is 0. The van der Waals surface area contributed by atoms with Crippen molar-refractivity contribution in [2.24, 2.45) is 0 Å². The van der Waals surface area contributed by atoms with Gasteiger partial charge in [-0.1, -0.05) is 12.7 Å². The van der Waals surface area contributed by atoms with E-state index in [1.807, 2.05) is 0 Å². The van der Waals surface area contributed by atoms with Crippen LogP contribution in [0.25, 0.3) is 6.08 Å². The maximum Gasteiger partial charge on any atom is 0.417 e. The van der Waals surface area contributed by atoms with Crippen LogP contribution in [0, 0.1) is 0 Å². The van der Waals surface area contributed by atoms with E-state index in [1.54, 1.807) is 20.8 Å². The highest BCUT2D eigenvalue weighted by atomic mass is 19.4. The van der Waals surface area contributed by atoms with Crippen LogP contribution in [0.2, 0.25) is 0 Å². The molecule has 0 saturated carbocycles. The SMILES string of the molecule is C=Cc1cc(NC(=O)OC(C)(C)C)c(N)cc1C(F)(F)F. The first-order chi connectivity index (χ1) is 9.44. The molecule has 1 rings (SSSR count). The molecule has 1 aromatic rings. The van der Waals surface area contributed by atoms with Crippen molar-refractivity contribution in [3.63, 3.8) is 0 Å². The number of hydrogen-bond donors (Lipinski definition) is 2. The zero-order valence-electron chi connectivity index (χ0n) is 12.0. The lowest BCUT2D eigenvalue weighted by Crippen LogP contribution is -2.27. The fourth-order valence-corrected chi connectivity index (χ4v) is 1.57. The van der Waals surface area contributed by atoms with Gasteiger partial charge in [0.05, 0.1) is 16.9 Å². The Bertz CT molecular complexity index is 561. The quantitative estimate of drug-likeness (QED) is 0.801. The summed E-state index contributed by atoms with van der Waals surface area (Å²) in [7, 11) is 0. The summed E-state index contributed by atoms with van der Waals surface area (Å²) >= 11 is 0. The molecule has 0 aliphatic carbocycles. The van der Waals surface area contributed by atoms with Gasteiger partial charge in [-0.2, -0.15) is 13.2 Å². The van der Waals surface area contributed by atoms with Crippen molar-refractivity contribution in [1.29, 1.82) is 0 Å². The fourth-order valence-electron chi connectivity index (χ4n) is 1.57. The molecule has 0 unspecified atom stereocenters. The molecular weight excluding hydrogens is 285 g/mol. The molecule has 1 amide bonds. The highest BCUT2D eigenvalue weighted by Crippen LogP contribution is 2.36. The van der Waals surface area contributed by atoms with E-state index in [-0.39, 0.29) is 16.9 Å². The number of anilines is 2. The maximum absolute atomic E-state index is 12.8. The number of carbonyl (C=O) groups is 1. The number of hydrogen-bond acceptors (Lipinski definition) is 3. The van der Waals surface area contributed by atoms with Gasteiger partial charge in [0.15, 0.2) is 0 Å². The first kappa shape index (κ1) is 16.9. The Labute approximate surface area is 120 Å². The average molecular weight is 302 g/mol. The monoisotopic (exact) mass is 302 g/mol. The van der Waals surface area contributed by atoms with E-state index in [0.29, 0.717) is 0 Å². The zero-order valence-corrected chi connectivity index (χ0v) is 12.0. The van der Waals surface area contributed by atoms with E-state index < -0.39 is 23.4 Å². The second-order valence-electron chi connectivity index (χ2n) is 5.36. The Morgan fingerprint density at radius 1 is 1.33 bits per heavy atom. The van der Waals surface area contributed by atoms with E-state index in [1.165, 1.54) is 0 Å². The number of carbonyl (C=O) groups excluding carboxylic acids is 1. The molecule has 0 aliphatic rings. The van der Waals surface area contributed by atoms with Crippen molar-refractivity contribution in [2.45, 2.75) is 32.5 Å². The third kappa shape index (κ3) is 4.70. The predicted molar refractivity (Wildman–Crippen MR) is 75.8 cm³/mol. The van der Waals surface area contributed by atoms with Crippen LogP contribution < -0.4 is 11.1 Å². The second kappa shape index (κ2) is 5.67. The Morgan fingerprint density at radius 2 is 1.90 bits per heavy atom. The molecule has 0 spiro atoms. The Balaban J connectivity index is 3.11. The number of amides is 1. The first-order valence-electron chi connectivity index (χ1n) is 6.07. The average Bonchev–Trinajstić information content (AvgIpc) is 2.27. The van der Waals surface area contributed by atoms with E-state index in [9.17, 15) is 18.0 Å². The molecule has 0 bridgehead atoms. The number of nitrogen functional groups attached to an aromatic ring is 1. The molecule has 0 aliphatic heterocycles. The van der Waals surface area contributed by atoms with Crippen molar-refractivity contribution in [1.82, 2.24) is 0 Å². The van der Waals surface area contributed by atoms with Gasteiger partial charge in [0.2, 0.25) is 0 Å². The van der Waals surface area contributed by atoms with Crippen LogP contribution in [-0.2, 0) is 10.9 Å². The van der Waals surface area contributed by atoms with E-state index in [4.69, 9.17) is 10.5 Å². The minimum atomic E-state index is -4.55. The van der Waals surface area contributed by atoms with E-state index in [2.05, 4.69) is 11.9 Å². The summed E-state index contributed by atoms with van der Waals surface area (Å²) in [5, 5.41) is 2.32. The lowest BCUT2D eigenvalue weighted by molar-refractivity contribution is -0.137. The third-order valence-corrected chi connectivity index (χ3v) is 2.38. The molecule has 1 aromatic carbocycles. The lowest BCUT2D eigenvalue weighted by atomic mass is 10.0. The molecule has 4 nitrogen and oxygen atoms in total. The maximum atomic E-state index is 12.8. The largest absolute Gasteiger partial charge is 0.444 e. The predicted octanol–water partition coefficient (Wildman–Crippen LogP) is 4.28. The number of alkyl halides is 3. The standard InChI is InChI=1S/C14H17F3N2O2/c1-5-8-6-11(19-12(20)21-13(2,3)4)10(18)7-9(8)14(15,16)17/h5-7H,1,18H2,2-4H3,(H,19,20). The molecule has 0 heterocycles. The third-order valence-electron chi connectivity index (χ3n) is 2.38. The summed E-state index contributed by atoms with van der Waals surface area (Å²) < 4.78 is 43.5. The summed E-state index contributed by atoms with van der Waals surface area (Å²) in [6.45, 7) is 8.32. The highest BCUT2D eigenvalue weighted by molar-refractivity contribution is 5.90. The van der Waals surface area contributed by atoms with Gasteiger partial charge in [0, 0.05) is 0 Å². The molecule has 3 N–H and O–H groups in total. The summed E-state index contributed by atoms with van der Waals surface area (Å²) in [5.41, 5.74) is 3.55. The van der Waals surface area contributed by atoms with Crippen LogP contribution in [0.4, 0.5) is 29.3 Å². The van der Waals surface area contributed by atoms with Gasteiger partial charge in [0.1, 0.15) is 5.60 Å². The van der Waals surface area contributed by atoms with Crippen LogP contribution >= 0.6 is 0 Å². The molecule has 0 atom stereocenters. The smallest absolute Gasteiger partial charge is 0.417 e. The number of rotatable bonds is 2. The normalized spacial score (nSPS) is 11.9. The summed E-state index contributed by atoms with van der Waals surface area (Å²) in [6, 6.07) is 1.86. The van der Waals surface area contributed by atoms with Gasteiger partial charge in [-0.3, -0.25) is 5.32 Å². The summed E-state index contributed by atoms with van der Waals surface area (Å²) in [6.07, 6.45) is -4.31. The van der Waals surface area contributed by atoms with Gasteiger partial charge in [0.25, 0.3) is 0 Å².